The van der Waals surface area contributed by atoms with Crippen molar-refractivity contribution in [2.75, 3.05) is 5.32 Å². The minimum atomic E-state index is -1.13. The van der Waals surface area contributed by atoms with Crippen molar-refractivity contribution in [3.05, 3.63) is 28.0 Å². The van der Waals surface area contributed by atoms with Crippen LogP contribution < -0.4 is 10.6 Å². The molecule has 0 radical (unpaired) electrons. The van der Waals surface area contributed by atoms with Gasteiger partial charge in [0.2, 0.25) is 0 Å². The van der Waals surface area contributed by atoms with Gasteiger partial charge in [0.1, 0.15) is 6.04 Å². The van der Waals surface area contributed by atoms with Crippen LogP contribution in [0.15, 0.2) is 12.1 Å². The summed E-state index contributed by atoms with van der Waals surface area (Å²) < 4.78 is 13.2. The molecular formula is C12H13Cl2FN2O3. The summed E-state index contributed by atoms with van der Waals surface area (Å²) in [5.74, 6) is -1.91. The lowest BCUT2D eigenvalue weighted by Crippen LogP contribution is -2.42. The summed E-state index contributed by atoms with van der Waals surface area (Å²) in [6.07, 6.45) is 0.902. The van der Waals surface area contributed by atoms with Gasteiger partial charge in [0.05, 0.1) is 10.0 Å². The number of aliphatic carboxylic acids is 1. The van der Waals surface area contributed by atoms with E-state index in [1.54, 1.807) is 6.92 Å². The molecule has 1 aromatic rings. The molecule has 0 unspecified atom stereocenters. The Balaban J connectivity index is 2.73. The normalized spacial score (nSPS) is 11.8. The van der Waals surface area contributed by atoms with E-state index in [4.69, 9.17) is 28.3 Å². The third kappa shape index (κ3) is 4.54. The molecule has 0 bridgehead atoms. The second kappa shape index (κ2) is 7.31. The Morgan fingerprint density at radius 3 is 2.35 bits per heavy atom. The van der Waals surface area contributed by atoms with Crippen molar-refractivity contribution < 1.29 is 19.1 Å². The number of carboxylic acid groups (broad SMARTS) is 1. The first-order valence-corrected chi connectivity index (χ1v) is 6.55. The summed E-state index contributed by atoms with van der Waals surface area (Å²) in [6.45, 7) is 1.80. The van der Waals surface area contributed by atoms with E-state index >= 15 is 0 Å². The average molecular weight is 323 g/mol. The van der Waals surface area contributed by atoms with Gasteiger partial charge in [0.15, 0.2) is 5.82 Å². The molecule has 0 aliphatic heterocycles. The standard InChI is InChI=1S/C12H13Cl2FN2O3/c1-2-3-9(11(18)19)17-12(20)16-6-4-7(13)10(15)8(14)5-6/h4-5,9H,2-3H2,1H3,(H,18,19)(H2,16,17,20)/t9-/m0/s1. The van der Waals surface area contributed by atoms with E-state index in [2.05, 4.69) is 10.6 Å². The molecule has 0 fully saturated rings. The van der Waals surface area contributed by atoms with E-state index in [0.717, 1.165) is 0 Å². The molecule has 1 rings (SSSR count). The zero-order chi connectivity index (χ0) is 15.3. The number of carbonyl (C=O) groups excluding carboxylic acids is 1. The number of anilines is 1. The first-order valence-electron chi connectivity index (χ1n) is 5.80. The maximum atomic E-state index is 13.2. The number of halogens is 3. The van der Waals surface area contributed by atoms with Gasteiger partial charge in [0, 0.05) is 5.69 Å². The van der Waals surface area contributed by atoms with Crippen molar-refractivity contribution in [2.45, 2.75) is 25.8 Å². The highest BCUT2D eigenvalue weighted by Crippen LogP contribution is 2.27. The molecule has 0 aromatic heterocycles. The van der Waals surface area contributed by atoms with Crippen molar-refractivity contribution in [3.8, 4) is 0 Å². The average Bonchev–Trinajstić information content (AvgIpc) is 2.35. The predicted octanol–water partition coefficient (Wildman–Crippen LogP) is 3.51. The molecule has 0 aliphatic rings. The highest BCUT2D eigenvalue weighted by Gasteiger charge is 2.19. The van der Waals surface area contributed by atoms with Gasteiger partial charge in [-0.15, -0.1) is 0 Å². The number of amides is 2. The minimum Gasteiger partial charge on any atom is -0.480 e. The maximum absolute atomic E-state index is 13.2. The number of carbonyl (C=O) groups is 2. The van der Waals surface area contributed by atoms with E-state index in [1.165, 1.54) is 12.1 Å². The zero-order valence-electron chi connectivity index (χ0n) is 10.5. The molecule has 0 saturated carbocycles. The summed E-state index contributed by atoms with van der Waals surface area (Å²) in [5.41, 5.74) is 0.166. The topological polar surface area (TPSA) is 78.4 Å². The summed E-state index contributed by atoms with van der Waals surface area (Å²) in [5, 5.41) is 13.1. The third-order valence-electron chi connectivity index (χ3n) is 2.42. The smallest absolute Gasteiger partial charge is 0.326 e. The quantitative estimate of drug-likeness (QED) is 0.726. The SMILES string of the molecule is CCC[C@H](NC(=O)Nc1cc(Cl)c(F)c(Cl)c1)C(=O)O. The largest absolute Gasteiger partial charge is 0.480 e. The van der Waals surface area contributed by atoms with Gasteiger partial charge >= 0.3 is 12.0 Å². The molecular weight excluding hydrogens is 310 g/mol. The molecule has 1 aromatic carbocycles. The van der Waals surface area contributed by atoms with Crippen molar-refractivity contribution >= 4 is 40.9 Å². The van der Waals surface area contributed by atoms with Crippen LogP contribution in [0.3, 0.4) is 0 Å². The monoisotopic (exact) mass is 322 g/mol. The molecule has 3 N–H and O–H groups in total. The first kappa shape index (κ1) is 16.5. The number of rotatable bonds is 5. The van der Waals surface area contributed by atoms with Crippen molar-refractivity contribution in [2.24, 2.45) is 0 Å². The van der Waals surface area contributed by atoms with Gasteiger partial charge in [-0.2, -0.15) is 0 Å². The third-order valence-corrected chi connectivity index (χ3v) is 2.97. The molecule has 0 aliphatic carbocycles. The van der Waals surface area contributed by atoms with Crippen molar-refractivity contribution in [1.82, 2.24) is 5.32 Å². The summed E-state index contributed by atoms with van der Waals surface area (Å²) in [6, 6.07) is 0.631. The van der Waals surface area contributed by atoms with Crippen molar-refractivity contribution in [3.63, 3.8) is 0 Å². The molecule has 110 valence electrons. The molecule has 0 heterocycles. The molecule has 1 atom stereocenters. The number of urea groups is 1. The molecule has 5 nitrogen and oxygen atoms in total. The van der Waals surface area contributed by atoms with E-state index in [-0.39, 0.29) is 15.7 Å². The molecule has 2 amide bonds. The molecule has 0 spiro atoms. The Morgan fingerprint density at radius 2 is 1.90 bits per heavy atom. The number of benzene rings is 1. The fourth-order valence-corrected chi connectivity index (χ4v) is 1.99. The first-order chi connectivity index (χ1) is 9.35. The summed E-state index contributed by atoms with van der Waals surface area (Å²) in [4.78, 5) is 22.5. The van der Waals surface area contributed by atoms with Crippen LogP contribution in [0.2, 0.25) is 10.0 Å². The summed E-state index contributed by atoms with van der Waals surface area (Å²) in [7, 11) is 0. The Bertz CT molecular complexity index is 502. The van der Waals surface area contributed by atoms with Crippen LogP contribution in [0, 0.1) is 5.82 Å². The molecule has 8 heteroatoms. The molecule has 0 saturated heterocycles. The fraction of sp³-hybridized carbons (Fsp3) is 0.333. The van der Waals surface area contributed by atoms with E-state index in [9.17, 15) is 14.0 Å². The Kier molecular flexibility index (Phi) is 6.04. The second-order valence-corrected chi connectivity index (χ2v) is 4.85. The van der Waals surface area contributed by atoms with Crippen LogP contribution in [0.4, 0.5) is 14.9 Å². The predicted molar refractivity (Wildman–Crippen MR) is 74.9 cm³/mol. The van der Waals surface area contributed by atoms with Gasteiger partial charge in [-0.3, -0.25) is 0 Å². The van der Waals surface area contributed by atoms with Crippen LogP contribution in [0.5, 0.6) is 0 Å². The van der Waals surface area contributed by atoms with Crippen LogP contribution in [0.1, 0.15) is 19.8 Å². The minimum absolute atomic E-state index is 0.166. The van der Waals surface area contributed by atoms with E-state index < -0.39 is 23.9 Å². The summed E-state index contributed by atoms with van der Waals surface area (Å²) >= 11 is 11.2. The lowest BCUT2D eigenvalue weighted by Gasteiger charge is -2.14. The van der Waals surface area contributed by atoms with Crippen LogP contribution in [0.25, 0.3) is 0 Å². The van der Waals surface area contributed by atoms with E-state index in [0.29, 0.717) is 12.8 Å². The zero-order valence-corrected chi connectivity index (χ0v) is 12.1. The highest BCUT2D eigenvalue weighted by molar-refractivity contribution is 6.35. The van der Waals surface area contributed by atoms with Crippen LogP contribution >= 0.6 is 23.2 Å². The number of hydrogen-bond donors (Lipinski definition) is 3. The molecule has 20 heavy (non-hydrogen) atoms. The van der Waals surface area contributed by atoms with Crippen molar-refractivity contribution in [1.29, 1.82) is 0 Å². The van der Waals surface area contributed by atoms with Gasteiger partial charge in [-0.25, -0.2) is 14.0 Å². The van der Waals surface area contributed by atoms with Gasteiger partial charge < -0.3 is 15.7 Å². The number of nitrogens with one attached hydrogen (secondary N) is 2. The Hall–Kier alpha value is -1.53. The Morgan fingerprint density at radius 1 is 1.35 bits per heavy atom. The number of hydrogen-bond acceptors (Lipinski definition) is 2. The van der Waals surface area contributed by atoms with Gasteiger partial charge in [-0.1, -0.05) is 36.5 Å². The fourth-order valence-electron chi connectivity index (χ4n) is 1.50. The number of carboxylic acids is 1. The second-order valence-electron chi connectivity index (χ2n) is 4.03. The highest BCUT2D eigenvalue weighted by atomic mass is 35.5. The lowest BCUT2D eigenvalue weighted by molar-refractivity contribution is -0.139. The van der Waals surface area contributed by atoms with Gasteiger partial charge in [-0.05, 0) is 18.6 Å². The lowest BCUT2D eigenvalue weighted by atomic mass is 10.2. The maximum Gasteiger partial charge on any atom is 0.326 e. The van der Waals surface area contributed by atoms with Crippen LogP contribution in [-0.2, 0) is 4.79 Å². The van der Waals surface area contributed by atoms with E-state index in [1.807, 2.05) is 0 Å². The van der Waals surface area contributed by atoms with Crippen LogP contribution in [-0.4, -0.2) is 23.1 Å². The Labute approximate surface area is 125 Å². The van der Waals surface area contributed by atoms with Gasteiger partial charge in [0.25, 0.3) is 0 Å².